The van der Waals surface area contributed by atoms with Crippen molar-refractivity contribution < 1.29 is 4.74 Å². The maximum atomic E-state index is 5.86. The summed E-state index contributed by atoms with van der Waals surface area (Å²) in [5.74, 6) is 0. The number of rotatable bonds is 6. The van der Waals surface area contributed by atoms with Gasteiger partial charge < -0.3 is 10.1 Å². The molecule has 1 saturated carbocycles. The summed E-state index contributed by atoms with van der Waals surface area (Å²) in [4.78, 5) is 0. The van der Waals surface area contributed by atoms with Crippen LogP contribution in [-0.2, 0) is 4.74 Å². The van der Waals surface area contributed by atoms with Crippen LogP contribution < -0.4 is 5.32 Å². The molecule has 0 aromatic rings. The zero-order valence-electron chi connectivity index (χ0n) is 10.6. The van der Waals surface area contributed by atoms with E-state index in [-0.39, 0.29) is 5.54 Å². The summed E-state index contributed by atoms with van der Waals surface area (Å²) >= 11 is 0. The lowest BCUT2D eigenvalue weighted by Crippen LogP contribution is -2.40. The van der Waals surface area contributed by atoms with E-state index in [1.807, 2.05) is 0 Å². The molecule has 1 aliphatic carbocycles. The Morgan fingerprint density at radius 1 is 1.20 bits per heavy atom. The molecule has 0 aromatic carbocycles. The first-order valence-corrected chi connectivity index (χ1v) is 6.51. The van der Waals surface area contributed by atoms with Crippen molar-refractivity contribution in [2.75, 3.05) is 13.2 Å². The first-order valence-electron chi connectivity index (χ1n) is 6.51. The van der Waals surface area contributed by atoms with Gasteiger partial charge in [0.1, 0.15) is 0 Å². The Bertz CT molecular complexity index is 162. The summed E-state index contributed by atoms with van der Waals surface area (Å²) < 4.78 is 5.86. The summed E-state index contributed by atoms with van der Waals surface area (Å²) in [7, 11) is 0. The predicted octanol–water partition coefficient (Wildman–Crippen LogP) is 3.11. The molecular formula is C13H27NO. The van der Waals surface area contributed by atoms with Gasteiger partial charge in [-0.1, -0.05) is 26.2 Å². The second-order valence-electron chi connectivity index (χ2n) is 5.30. The summed E-state index contributed by atoms with van der Waals surface area (Å²) in [6, 6.07) is 0. The van der Waals surface area contributed by atoms with Crippen LogP contribution in [0.1, 0.15) is 59.3 Å². The third kappa shape index (κ3) is 5.53. The van der Waals surface area contributed by atoms with Gasteiger partial charge in [-0.15, -0.1) is 0 Å². The van der Waals surface area contributed by atoms with Crippen LogP contribution in [-0.4, -0.2) is 24.8 Å². The minimum Gasteiger partial charge on any atom is -0.377 e. The standard InChI is InChI=1S/C13H27NO/c1-4-13(2,3)14-10-11-15-12-8-6-5-7-9-12/h12,14H,4-11H2,1-3H3. The lowest BCUT2D eigenvalue weighted by atomic mass is 9.98. The molecule has 15 heavy (non-hydrogen) atoms. The van der Waals surface area contributed by atoms with Crippen LogP contribution in [0.5, 0.6) is 0 Å². The zero-order chi connectivity index (χ0) is 11.1. The van der Waals surface area contributed by atoms with Crippen molar-refractivity contribution in [2.24, 2.45) is 0 Å². The topological polar surface area (TPSA) is 21.3 Å². The Hall–Kier alpha value is -0.0800. The van der Waals surface area contributed by atoms with Gasteiger partial charge >= 0.3 is 0 Å². The minimum atomic E-state index is 0.260. The third-order valence-corrected chi connectivity index (χ3v) is 3.50. The molecule has 0 atom stereocenters. The van der Waals surface area contributed by atoms with Crippen LogP contribution in [0.3, 0.4) is 0 Å². The molecule has 1 fully saturated rings. The maximum Gasteiger partial charge on any atom is 0.0594 e. The fourth-order valence-electron chi connectivity index (χ4n) is 1.97. The van der Waals surface area contributed by atoms with E-state index >= 15 is 0 Å². The molecule has 2 heteroatoms. The van der Waals surface area contributed by atoms with Gasteiger partial charge in [0.15, 0.2) is 0 Å². The average Bonchev–Trinajstić information content (AvgIpc) is 2.26. The average molecular weight is 213 g/mol. The Balaban J connectivity index is 2.00. The van der Waals surface area contributed by atoms with Gasteiger partial charge in [0.2, 0.25) is 0 Å². The van der Waals surface area contributed by atoms with Crippen LogP contribution >= 0.6 is 0 Å². The Labute approximate surface area is 94.8 Å². The van der Waals surface area contributed by atoms with E-state index in [1.54, 1.807) is 0 Å². The molecule has 0 saturated heterocycles. The van der Waals surface area contributed by atoms with Crippen molar-refractivity contribution in [3.8, 4) is 0 Å². The van der Waals surface area contributed by atoms with Crippen molar-refractivity contribution >= 4 is 0 Å². The molecule has 2 nitrogen and oxygen atoms in total. The molecule has 0 aromatic heterocycles. The second kappa shape index (κ2) is 6.49. The van der Waals surface area contributed by atoms with Crippen molar-refractivity contribution in [2.45, 2.75) is 70.9 Å². The molecule has 1 aliphatic rings. The number of hydrogen-bond donors (Lipinski definition) is 1. The summed E-state index contributed by atoms with van der Waals surface area (Å²) in [5.41, 5.74) is 0.260. The molecule has 0 aliphatic heterocycles. The SMILES string of the molecule is CCC(C)(C)NCCOC1CCCCC1. The lowest BCUT2D eigenvalue weighted by Gasteiger charge is -2.26. The molecule has 1 N–H and O–H groups in total. The summed E-state index contributed by atoms with van der Waals surface area (Å²) in [6.45, 7) is 8.56. The van der Waals surface area contributed by atoms with Gasteiger partial charge in [0.05, 0.1) is 12.7 Å². The van der Waals surface area contributed by atoms with Crippen LogP contribution in [0.4, 0.5) is 0 Å². The Morgan fingerprint density at radius 3 is 2.47 bits per heavy atom. The predicted molar refractivity (Wildman–Crippen MR) is 65.2 cm³/mol. The van der Waals surface area contributed by atoms with Crippen LogP contribution in [0.2, 0.25) is 0 Å². The van der Waals surface area contributed by atoms with Gasteiger partial charge in [-0.25, -0.2) is 0 Å². The molecule has 0 unspecified atom stereocenters. The van der Waals surface area contributed by atoms with Crippen molar-refractivity contribution in [3.05, 3.63) is 0 Å². The lowest BCUT2D eigenvalue weighted by molar-refractivity contribution is 0.0279. The van der Waals surface area contributed by atoms with Crippen LogP contribution in [0.25, 0.3) is 0 Å². The van der Waals surface area contributed by atoms with Gasteiger partial charge in [0, 0.05) is 12.1 Å². The van der Waals surface area contributed by atoms with Crippen molar-refractivity contribution in [1.82, 2.24) is 5.32 Å². The quantitative estimate of drug-likeness (QED) is 0.685. The molecule has 0 amide bonds. The second-order valence-corrected chi connectivity index (χ2v) is 5.30. The highest BCUT2D eigenvalue weighted by atomic mass is 16.5. The van der Waals surface area contributed by atoms with Gasteiger partial charge in [-0.05, 0) is 33.1 Å². The molecule has 0 bridgehead atoms. The maximum absolute atomic E-state index is 5.86. The Kier molecular flexibility index (Phi) is 5.62. The monoisotopic (exact) mass is 213 g/mol. The fraction of sp³-hybridized carbons (Fsp3) is 1.00. The van der Waals surface area contributed by atoms with Crippen LogP contribution in [0.15, 0.2) is 0 Å². The van der Waals surface area contributed by atoms with E-state index in [4.69, 9.17) is 4.74 Å². The molecule has 0 spiro atoms. The third-order valence-electron chi connectivity index (χ3n) is 3.50. The highest BCUT2D eigenvalue weighted by Gasteiger charge is 2.15. The zero-order valence-corrected chi connectivity index (χ0v) is 10.6. The number of hydrogen-bond acceptors (Lipinski definition) is 2. The molecule has 1 rings (SSSR count). The first-order chi connectivity index (χ1) is 7.14. The van der Waals surface area contributed by atoms with E-state index in [9.17, 15) is 0 Å². The van der Waals surface area contributed by atoms with E-state index in [2.05, 4.69) is 26.1 Å². The summed E-state index contributed by atoms with van der Waals surface area (Å²) in [6.07, 6.45) is 8.38. The largest absolute Gasteiger partial charge is 0.377 e. The minimum absolute atomic E-state index is 0.260. The van der Waals surface area contributed by atoms with E-state index in [1.165, 1.54) is 32.1 Å². The normalized spacial score (nSPS) is 19.4. The highest BCUT2D eigenvalue weighted by molar-refractivity contribution is 4.74. The molecule has 0 radical (unpaired) electrons. The first kappa shape index (κ1) is 13.0. The fourth-order valence-corrected chi connectivity index (χ4v) is 1.97. The van der Waals surface area contributed by atoms with Crippen molar-refractivity contribution in [1.29, 1.82) is 0 Å². The molecular weight excluding hydrogens is 186 g/mol. The number of ether oxygens (including phenoxy) is 1. The Morgan fingerprint density at radius 2 is 1.87 bits per heavy atom. The van der Waals surface area contributed by atoms with Crippen LogP contribution in [0, 0.1) is 0 Å². The van der Waals surface area contributed by atoms with Gasteiger partial charge in [-0.2, -0.15) is 0 Å². The van der Waals surface area contributed by atoms with E-state index in [0.29, 0.717) is 6.10 Å². The highest BCUT2D eigenvalue weighted by Crippen LogP contribution is 2.19. The molecule has 90 valence electrons. The van der Waals surface area contributed by atoms with Gasteiger partial charge in [-0.3, -0.25) is 0 Å². The summed E-state index contributed by atoms with van der Waals surface area (Å²) in [5, 5.41) is 3.52. The number of nitrogens with one attached hydrogen (secondary N) is 1. The van der Waals surface area contributed by atoms with Gasteiger partial charge in [0.25, 0.3) is 0 Å². The smallest absolute Gasteiger partial charge is 0.0594 e. The van der Waals surface area contributed by atoms with E-state index < -0.39 is 0 Å². The van der Waals surface area contributed by atoms with Crippen molar-refractivity contribution in [3.63, 3.8) is 0 Å². The molecule has 0 heterocycles. The van der Waals surface area contributed by atoms with E-state index in [0.717, 1.165) is 19.6 Å².